The van der Waals surface area contributed by atoms with E-state index in [-0.39, 0.29) is 0 Å². The van der Waals surface area contributed by atoms with Crippen LogP contribution in [0.5, 0.6) is 0 Å². The molecule has 7 heteroatoms. The lowest BCUT2D eigenvalue weighted by atomic mass is 10.0. The zero-order valence-electron chi connectivity index (χ0n) is 29.4. The highest BCUT2D eigenvalue weighted by molar-refractivity contribution is 7.26. The van der Waals surface area contributed by atoms with Crippen molar-refractivity contribution in [2.75, 3.05) is 0 Å². The first kappa shape index (κ1) is 32.4. The van der Waals surface area contributed by atoms with Crippen molar-refractivity contribution in [3.05, 3.63) is 182 Å². The highest BCUT2D eigenvalue weighted by Crippen LogP contribution is 2.41. The zero-order chi connectivity index (χ0) is 36.6. The minimum Gasteiger partial charge on any atom is -0.208 e. The van der Waals surface area contributed by atoms with Crippen LogP contribution in [-0.2, 0) is 0 Å². The van der Waals surface area contributed by atoms with Gasteiger partial charge in [-0.2, -0.15) is 0 Å². The molecular weight excluding hydrogens is 693 g/mol. The molecule has 0 fully saturated rings. The summed E-state index contributed by atoms with van der Waals surface area (Å²) in [6, 6.07) is 61.8. The molecule has 0 atom stereocenters. The van der Waals surface area contributed by atoms with Gasteiger partial charge in [0.1, 0.15) is 0 Å². The topological polar surface area (TPSA) is 77.3 Å². The van der Waals surface area contributed by atoms with Crippen molar-refractivity contribution in [1.82, 2.24) is 29.9 Å². The van der Waals surface area contributed by atoms with E-state index in [0.29, 0.717) is 34.9 Å². The van der Waals surface area contributed by atoms with E-state index in [9.17, 15) is 0 Å². The lowest BCUT2D eigenvalue weighted by Crippen LogP contribution is -2.00. The Morgan fingerprint density at radius 3 is 1.16 bits per heavy atom. The highest BCUT2D eigenvalue weighted by Gasteiger charge is 2.18. The van der Waals surface area contributed by atoms with E-state index in [1.54, 1.807) is 11.3 Å². The van der Waals surface area contributed by atoms with Crippen molar-refractivity contribution < 1.29 is 0 Å². The van der Waals surface area contributed by atoms with Gasteiger partial charge in [-0.25, -0.2) is 29.9 Å². The van der Waals surface area contributed by atoms with Gasteiger partial charge in [0, 0.05) is 53.6 Å². The Hall–Kier alpha value is -7.22. The summed E-state index contributed by atoms with van der Waals surface area (Å²) in [4.78, 5) is 30.0. The van der Waals surface area contributed by atoms with Crippen molar-refractivity contribution in [1.29, 1.82) is 0 Å². The van der Waals surface area contributed by atoms with Crippen molar-refractivity contribution in [2.24, 2.45) is 0 Å². The second-order valence-electron chi connectivity index (χ2n) is 13.1. The molecule has 0 spiro atoms. The summed E-state index contributed by atoms with van der Waals surface area (Å²) in [5.41, 5.74) is 7.92. The number of fused-ring (bicyclic) bond motifs is 3. The molecule has 10 rings (SSSR count). The monoisotopic (exact) mass is 722 g/mol. The van der Waals surface area contributed by atoms with Crippen LogP contribution in [0.15, 0.2) is 182 Å². The average molecular weight is 723 g/mol. The van der Waals surface area contributed by atoms with E-state index in [1.165, 1.54) is 5.56 Å². The van der Waals surface area contributed by atoms with Crippen LogP contribution in [0.2, 0.25) is 0 Å². The lowest BCUT2D eigenvalue weighted by Gasteiger charge is -2.10. The Morgan fingerprint density at radius 2 is 0.655 bits per heavy atom. The fourth-order valence-corrected chi connectivity index (χ4v) is 8.09. The minimum atomic E-state index is 0.625. The minimum absolute atomic E-state index is 0.625. The summed E-state index contributed by atoms with van der Waals surface area (Å²) in [6.07, 6.45) is 0. The molecule has 0 aliphatic rings. The van der Waals surface area contributed by atoms with Gasteiger partial charge in [-0.05, 0) is 23.3 Å². The maximum absolute atomic E-state index is 5.12. The van der Waals surface area contributed by atoms with Crippen LogP contribution < -0.4 is 0 Å². The van der Waals surface area contributed by atoms with Gasteiger partial charge in [0.05, 0.1) is 0 Å². The fourth-order valence-electron chi connectivity index (χ4n) is 6.84. The summed E-state index contributed by atoms with van der Waals surface area (Å²) >= 11 is 1.72. The van der Waals surface area contributed by atoms with Crippen LogP contribution in [0.4, 0.5) is 0 Å². The van der Waals surface area contributed by atoms with Crippen molar-refractivity contribution in [3.8, 4) is 79.5 Å². The van der Waals surface area contributed by atoms with E-state index < -0.39 is 0 Å². The Labute approximate surface area is 321 Å². The Balaban J connectivity index is 1.10. The van der Waals surface area contributed by atoms with Gasteiger partial charge in [0.15, 0.2) is 34.9 Å². The van der Waals surface area contributed by atoms with Gasteiger partial charge in [0.2, 0.25) is 0 Å². The third kappa shape index (κ3) is 6.33. The molecule has 0 aliphatic heterocycles. The summed E-state index contributed by atoms with van der Waals surface area (Å²) in [7, 11) is 0. The second-order valence-corrected chi connectivity index (χ2v) is 14.2. The predicted molar refractivity (Wildman–Crippen MR) is 224 cm³/mol. The van der Waals surface area contributed by atoms with Crippen LogP contribution in [0.1, 0.15) is 0 Å². The highest BCUT2D eigenvalue weighted by atomic mass is 32.1. The molecule has 0 amide bonds. The first-order valence-corrected chi connectivity index (χ1v) is 18.9. The molecule has 7 aromatic carbocycles. The third-order valence-electron chi connectivity index (χ3n) is 9.61. The summed E-state index contributed by atoms with van der Waals surface area (Å²) in [5.74, 6) is 3.79. The number of aromatic nitrogens is 6. The standard InChI is InChI=1S/C48H30N6S/c1-5-14-31(15-6-1)32-24-26-36(27-25-32)46-50-45(35-20-11-4-12-21-35)53-48(54-46)40-23-13-22-39-38-29-28-37(30-41(38)55-42(39)40)47-51-43(33-16-7-2-8-17-33)49-44(52-47)34-18-9-3-10-19-34/h1-30H. The largest absolute Gasteiger partial charge is 0.208 e. The first-order chi connectivity index (χ1) is 27.2. The number of nitrogens with zero attached hydrogens (tertiary/aromatic N) is 6. The summed E-state index contributed by atoms with van der Waals surface area (Å²) < 4.78 is 2.23. The number of hydrogen-bond acceptors (Lipinski definition) is 7. The van der Waals surface area contributed by atoms with Gasteiger partial charge in [-0.15, -0.1) is 11.3 Å². The molecule has 0 saturated carbocycles. The third-order valence-corrected chi connectivity index (χ3v) is 10.8. The van der Waals surface area contributed by atoms with Crippen molar-refractivity contribution in [3.63, 3.8) is 0 Å². The first-order valence-electron chi connectivity index (χ1n) is 18.0. The number of hydrogen-bond donors (Lipinski definition) is 0. The van der Waals surface area contributed by atoms with Crippen LogP contribution in [0.25, 0.3) is 99.6 Å². The molecule has 0 saturated heterocycles. The molecule has 3 aromatic heterocycles. The lowest BCUT2D eigenvalue weighted by molar-refractivity contribution is 1.07. The maximum atomic E-state index is 5.12. The Kier molecular flexibility index (Phi) is 8.24. The predicted octanol–water partition coefficient (Wildman–Crippen LogP) is 12.1. The second kappa shape index (κ2) is 14.0. The zero-order valence-corrected chi connectivity index (χ0v) is 30.2. The SMILES string of the molecule is c1ccc(-c2ccc(-c3nc(-c4ccccc4)nc(-c4cccc5c4sc4cc(-c6nc(-c7ccccc7)nc(-c7ccccc7)n6)ccc45)n3)cc2)cc1. The molecule has 0 unspecified atom stereocenters. The van der Waals surface area contributed by atoms with E-state index in [2.05, 4.69) is 84.9 Å². The van der Waals surface area contributed by atoms with Gasteiger partial charge in [0.25, 0.3) is 0 Å². The van der Waals surface area contributed by atoms with E-state index in [0.717, 1.165) is 59.1 Å². The number of thiophene rings is 1. The molecule has 0 aliphatic carbocycles. The van der Waals surface area contributed by atoms with Gasteiger partial charge in [-0.1, -0.05) is 170 Å². The summed E-state index contributed by atoms with van der Waals surface area (Å²) in [5, 5.41) is 2.30. The van der Waals surface area contributed by atoms with Crippen molar-refractivity contribution >= 4 is 31.5 Å². The fraction of sp³-hybridized carbons (Fsp3) is 0. The quantitative estimate of drug-likeness (QED) is 0.163. The molecule has 6 nitrogen and oxygen atoms in total. The van der Waals surface area contributed by atoms with E-state index in [4.69, 9.17) is 29.9 Å². The van der Waals surface area contributed by atoms with E-state index in [1.807, 2.05) is 97.1 Å². The van der Waals surface area contributed by atoms with Gasteiger partial charge < -0.3 is 0 Å². The normalized spacial score (nSPS) is 11.3. The van der Waals surface area contributed by atoms with Gasteiger partial charge >= 0.3 is 0 Å². The molecule has 0 radical (unpaired) electrons. The smallest absolute Gasteiger partial charge is 0.165 e. The maximum Gasteiger partial charge on any atom is 0.165 e. The Morgan fingerprint density at radius 1 is 0.273 bits per heavy atom. The molecule has 3 heterocycles. The molecule has 55 heavy (non-hydrogen) atoms. The van der Waals surface area contributed by atoms with Crippen LogP contribution in [0.3, 0.4) is 0 Å². The molecule has 0 bridgehead atoms. The van der Waals surface area contributed by atoms with Crippen LogP contribution in [-0.4, -0.2) is 29.9 Å². The van der Waals surface area contributed by atoms with E-state index >= 15 is 0 Å². The molecule has 10 aromatic rings. The molecule has 0 N–H and O–H groups in total. The average Bonchev–Trinajstić information content (AvgIpc) is 3.66. The van der Waals surface area contributed by atoms with Crippen LogP contribution >= 0.6 is 11.3 Å². The van der Waals surface area contributed by atoms with Gasteiger partial charge in [-0.3, -0.25) is 0 Å². The Bertz CT molecular complexity index is 2890. The number of benzene rings is 7. The molecule has 258 valence electrons. The molecular formula is C48H30N6S. The number of rotatable bonds is 7. The summed E-state index contributed by atoms with van der Waals surface area (Å²) in [6.45, 7) is 0. The van der Waals surface area contributed by atoms with Crippen LogP contribution in [0, 0.1) is 0 Å². The van der Waals surface area contributed by atoms with Crippen molar-refractivity contribution in [2.45, 2.75) is 0 Å².